The van der Waals surface area contributed by atoms with Gasteiger partial charge in [-0.3, -0.25) is 0 Å². The standard InChI is InChI=1S/C26H37F3/c1-2-3-4-5-6-19-9-13-22(14-10-19)23-15-11-20(12-16-23)7-8-21-17-24(27)26(29)25(28)18-21/h2-3,17-20,22-23H,4-16H2,1H3/b3-2+/t19-,20-,22-,23-. The molecule has 0 aliphatic heterocycles. The summed E-state index contributed by atoms with van der Waals surface area (Å²) in [5.74, 6) is -0.0993. The molecule has 2 aliphatic carbocycles. The van der Waals surface area contributed by atoms with Crippen molar-refractivity contribution in [1.29, 1.82) is 0 Å². The Kier molecular flexibility index (Phi) is 8.68. The van der Waals surface area contributed by atoms with Gasteiger partial charge < -0.3 is 0 Å². The van der Waals surface area contributed by atoms with Crippen molar-refractivity contribution in [2.24, 2.45) is 23.7 Å². The topological polar surface area (TPSA) is 0 Å². The fourth-order valence-corrected chi connectivity index (χ4v) is 5.71. The third-order valence-electron chi connectivity index (χ3n) is 7.55. The summed E-state index contributed by atoms with van der Waals surface area (Å²) in [5.41, 5.74) is 0.580. The minimum absolute atomic E-state index is 0.580. The molecule has 0 amide bonds. The molecule has 0 saturated heterocycles. The Labute approximate surface area is 175 Å². The van der Waals surface area contributed by atoms with Gasteiger partial charge >= 0.3 is 0 Å². The Bertz CT molecular complexity index is 627. The van der Waals surface area contributed by atoms with E-state index in [-0.39, 0.29) is 0 Å². The predicted molar refractivity (Wildman–Crippen MR) is 114 cm³/mol. The van der Waals surface area contributed by atoms with E-state index < -0.39 is 17.5 Å². The highest BCUT2D eigenvalue weighted by Gasteiger charge is 2.30. The molecule has 0 unspecified atom stereocenters. The van der Waals surface area contributed by atoms with Crippen LogP contribution in [0.3, 0.4) is 0 Å². The van der Waals surface area contributed by atoms with Crippen LogP contribution in [0.4, 0.5) is 13.2 Å². The summed E-state index contributed by atoms with van der Waals surface area (Å²) in [7, 11) is 0. The van der Waals surface area contributed by atoms with E-state index in [4.69, 9.17) is 0 Å². The SMILES string of the molecule is C/C=C/CCC[C@H]1CC[C@H]([C@H]2CC[C@H](CCc3cc(F)c(F)c(F)c3)CC2)CC1. The maximum atomic E-state index is 13.4. The molecule has 0 atom stereocenters. The second-order valence-electron chi connectivity index (χ2n) is 9.47. The summed E-state index contributed by atoms with van der Waals surface area (Å²) < 4.78 is 39.8. The molecule has 3 rings (SSSR count). The van der Waals surface area contributed by atoms with Gasteiger partial charge in [0.05, 0.1) is 0 Å². The van der Waals surface area contributed by atoms with E-state index in [2.05, 4.69) is 19.1 Å². The number of unbranched alkanes of at least 4 members (excludes halogenated alkanes) is 1. The molecule has 162 valence electrons. The van der Waals surface area contributed by atoms with Crippen molar-refractivity contribution in [3.8, 4) is 0 Å². The molecule has 0 radical (unpaired) electrons. The highest BCUT2D eigenvalue weighted by molar-refractivity contribution is 5.19. The first-order valence-corrected chi connectivity index (χ1v) is 11.8. The zero-order valence-electron chi connectivity index (χ0n) is 17.9. The van der Waals surface area contributed by atoms with E-state index in [1.165, 1.54) is 70.6 Å². The van der Waals surface area contributed by atoms with E-state index in [1.807, 2.05) is 0 Å². The number of allylic oxidation sites excluding steroid dienone is 2. The van der Waals surface area contributed by atoms with Crippen molar-refractivity contribution in [1.82, 2.24) is 0 Å². The summed E-state index contributed by atoms with van der Waals surface area (Å²) in [6.45, 7) is 2.10. The molecule has 3 heteroatoms. The molecule has 2 fully saturated rings. The molecule has 0 spiro atoms. The van der Waals surface area contributed by atoms with Crippen molar-refractivity contribution in [3.63, 3.8) is 0 Å². The average molecular weight is 407 g/mol. The van der Waals surface area contributed by atoms with Crippen LogP contribution < -0.4 is 0 Å². The highest BCUT2D eigenvalue weighted by atomic mass is 19.2. The molecule has 2 aliphatic rings. The molecule has 0 aromatic heterocycles. The lowest BCUT2D eigenvalue weighted by molar-refractivity contribution is 0.141. The number of benzene rings is 1. The summed E-state index contributed by atoms with van der Waals surface area (Å²) in [4.78, 5) is 0. The van der Waals surface area contributed by atoms with Crippen molar-refractivity contribution in [2.45, 2.75) is 90.4 Å². The number of halogens is 3. The monoisotopic (exact) mass is 406 g/mol. The molecule has 1 aromatic rings. The van der Waals surface area contributed by atoms with E-state index >= 15 is 0 Å². The average Bonchev–Trinajstić information content (AvgIpc) is 2.74. The molecule has 2 saturated carbocycles. The lowest BCUT2D eigenvalue weighted by Gasteiger charge is -2.38. The van der Waals surface area contributed by atoms with Gasteiger partial charge in [0.2, 0.25) is 0 Å². The first kappa shape index (κ1) is 22.4. The van der Waals surface area contributed by atoms with Crippen LogP contribution in [0.1, 0.15) is 89.5 Å². The summed E-state index contributed by atoms with van der Waals surface area (Å²) in [5, 5.41) is 0. The van der Waals surface area contributed by atoms with Gasteiger partial charge in [-0.1, -0.05) is 44.3 Å². The predicted octanol–water partition coefficient (Wildman–Crippen LogP) is 8.40. The van der Waals surface area contributed by atoms with Crippen molar-refractivity contribution in [3.05, 3.63) is 47.3 Å². The van der Waals surface area contributed by atoms with Gasteiger partial charge in [-0.2, -0.15) is 0 Å². The quantitative estimate of drug-likeness (QED) is 0.231. The van der Waals surface area contributed by atoms with Gasteiger partial charge in [-0.05, 0) is 99.7 Å². The second kappa shape index (κ2) is 11.2. The maximum absolute atomic E-state index is 13.4. The summed E-state index contributed by atoms with van der Waals surface area (Å²) >= 11 is 0. The summed E-state index contributed by atoms with van der Waals surface area (Å²) in [6.07, 6.45) is 20.8. The molecular weight excluding hydrogens is 369 g/mol. The smallest absolute Gasteiger partial charge is 0.194 e. The van der Waals surface area contributed by atoms with Crippen molar-refractivity contribution < 1.29 is 13.2 Å². The van der Waals surface area contributed by atoms with Crippen molar-refractivity contribution in [2.75, 3.05) is 0 Å². The Hall–Kier alpha value is -1.25. The Balaban J connectivity index is 1.34. The Morgan fingerprint density at radius 3 is 1.83 bits per heavy atom. The first-order valence-electron chi connectivity index (χ1n) is 11.8. The van der Waals surface area contributed by atoms with E-state index in [9.17, 15) is 13.2 Å². The molecule has 0 N–H and O–H groups in total. The molecule has 29 heavy (non-hydrogen) atoms. The zero-order valence-corrected chi connectivity index (χ0v) is 17.9. The number of hydrogen-bond donors (Lipinski definition) is 0. The zero-order chi connectivity index (χ0) is 20.6. The number of rotatable bonds is 8. The maximum Gasteiger partial charge on any atom is 0.194 e. The molecule has 1 aromatic carbocycles. The van der Waals surface area contributed by atoms with Gasteiger partial charge in [0, 0.05) is 0 Å². The van der Waals surface area contributed by atoms with Crippen LogP contribution in [0.2, 0.25) is 0 Å². The van der Waals surface area contributed by atoms with E-state index in [0.717, 1.165) is 36.3 Å². The molecule has 0 bridgehead atoms. The van der Waals surface area contributed by atoms with E-state index in [1.54, 1.807) is 0 Å². The van der Waals surface area contributed by atoms with Crippen LogP contribution in [0, 0.1) is 41.1 Å². The number of aryl methyl sites for hydroxylation is 1. The minimum Gasteiger partial charge on any atom is -0.204 e. The lowest BCUT2D eigenvalue weighted by Crippen LogP contribution is -2.26. The molecule has 0 heterocycles. The minimum atomic E-state index is -1.36. The van der Waals surface area contributed by atoms with Gasteiger partial charge in [0.15, 0.2) is 17.5 Å². The van der Waals surface area contributed by atoms with Gasteiger partial charge in [-0.25, -0.2) is 13.2 Å². The molecule has 0 nitrogen and oxygen atoms in total. The van der Waals surface area contributed by atoms with Gasteiger partial charge in [0.1, 0.15) is 0 Å². The Morgan fingerprint density at radius 1 is 0.793 bits per heavy atom. The second-order valence-corrected chi connectivity index (χ2v) is 9.47. The highest BCUT2D eigenvalue weighted by Crippen LogP contribution is 2.43. The van der Waals surface area contributed by atoms with E-state index in [0.29, 0.717) is 17.9 Å². The van der Waals surface area contributed by atoms with Crippen LogP contribution >= 0.6 is 0 Å². The Morgan fingerprint density at radius 2 is 1.31 bits per heavy atom. The first-order chi connectivity index (χ1) is 14.1. The van der Waals surface area contributed by atoms with Crippen LogP contribution in [0.25, 0.3) is 0 Å². The fourth-order valence-electron chi connectivity index (χ4n) is 5.71. The normalized spacial score (nSPS) is 28.1. The van der Waals surface area contributed by atoms with Crippen molar-refractivity contribution >= 4 is 0 Å². The largest absolute Gasteiger partial charge is 0.204 e. The third kappa shape index (κ3) is 6.62. The van der Waals surface area contributed by atoms with Crippen LogP contribution in [-0.4, -0.2) is 0 Å². The number of hydrogen-bond acceptors (Lipinski definition) is 0. The van der Waals surface area contributed by atoms with Crippen LogP contribution in [0.5, 0.6) is 0 Å². The fraction of sp³-hybridized carbons (Fsp3) is 0.692. The van der Waals surface area contributed by atoms with Crippen LogP contribution in [0.15, 0.2) is 24.3 Å². The van der Waals surface area contributed by atoms with Crippen LogP contribution in [-0.2, 0) is 6.42 Å². The van der Waals surface area contributed by atoms with Gasteiger partial charge in [0.25, 0.3) is 0 Å². The third-order valence-corrected chi connectivity index (χ3v) is 7.55. The van der Waals surface area contributed by atoms with Gasteiger partial charge in [-0.15, -0.1) is 0 Å². The summed E-state index contributed by atoms with van der Waals surface area (Å²) in [6, 6.07) is 2.31. The molecular formula is C26H37F3. The lowest BCUT2D eigenvalue weighted by atomic mass is 9.68.